The van der Waals surface area contributed by atoms with Gasteiger partial charge < -0.3 is 35.7 Å². The largest absolute Gasteiger partial charge is 0.477 e. The number of hydrogen-bond donors (Lipinski definition) is 7. The second kappa shape index (κ2) is 13.9. The molecule has 0 aliphatic carbocycles. The van der Waals surface area contributed by atoms with Crippen LogP contribution in [0.3, 0.4) is 0 Å². The number of aliphatic hydroxyl groups is 6. The Bertz CT molecular complexity index is 399. The van der Waals surface area contributed by atoms with E-state index in [4.69, 9.17) is 5.11 Å². The van der Waals surface area contributed by atoms with Crippen LogP contribution >= 0.6 is 0 Å². The fraction of sp³-hybridized carbons (Fsp3) is 0.944. The first-order chi connectivity index (χ1) is 12.0. The molecule has 0 heterocycles. The molecule has 0 aliphatic heterocycles. The molecule has 0 aromatic carbocycles. The van der Waals surface area contributed by atoms with Gasteiger partial charge >= 0.3 is 11.8 Å². The van der Waals surface area contributed by atoms with Crippen LogP contribution in [0.2, 0.25) is 0 Å². The molecule has 8 nitrogen and oxygen atoms in total. The number of carbonyl (C=O) groups is 1. The summed E-state index contributed by atoms with van der Waals surface area (Å²) in [6, 6.07) is 0. The van der Waals surface area contributed by atoms with Crippen molar-refractivity contribution in [2.24, 2.45) is 0 Å². The van der Waals surface area contributed by atoms with Crippen LogP contribution in [-0.2, 0) is 24.3 Å². The molecule has 9 heteroatoms. The molecule has 0 saturated carbocycles. The van der Waals surface area contributed by atoms with Gasteiger partial charge in [0.1, 0.15) is 0 Å². The molecule has 0 saturated heterocycles. The summed E-state index contributed by atoms with van der Waals surface area (Å²) in [6.45, 7) is 2.19. The Morgan fingerprint density at radius 3 is 1.33 bits per heavy atom. The van der Waals surface area contributed by atoms with Crippen LogP contribution in [0.25, 0.3) is 0 Å². The van der Waals surface area contributed by atoms with Gasteiger partial charge in [-0.2, -0.15) is 0 Å². The SMILES string of the molecule is CCCCCCCCCCCCCCC(O)(O)C(O)(O)C(O)(O)C(=O)O.[Zn]. The second-order valence-corrected chi connectivity index (χ2v) is 7.11. The standard InChI is InChI=1S/C18H36O8.Zn/c1-2-3-4-5-6-7-8-9-10-11-12-13-14-16(21,22)18(25,26)17(23,24)15(19)20;/h21-26H,2-14H2,1H3,(H,19,20);. The third-order valence-corrected chi connectivity index (χ3v) is 4.72. The van der Waals surface area contributed by atoms with E-state index in [0.717, 1.165) is 25.7 Å². The third-order valence-electron chi connectivity index (χ3n) is 4.72. The van der Waals surface area contributed by atoms with Gasteiger partial charge in [0.25, 0.3) is 5.79 Å². The van der Waals surface area contributed by atoms with E-state index in [1.807, 2.05) is 0 Å². The number of aliphatic carboxylic acids is 1. The minimum atomic E-state index is -4.10. The Hall–Kier alpha value is -0.147. The summed E-state index contributed by atoms with van der Waals surface area (Å²) in [4.78, 5) is 10.6. The molecule has 0 aromatic rings. The van der Waals surface area contributed by atoms with Crippen molar-refractivity contribution in [1.82, 2.24) is 0 Å². The van der Waals surface area contributed by atoms with Gasteiger partial charge in [0, 0.05) is 25.9 Å². The van der Waals surface area contributed by atoms with Gasteiger partial charge in [-0.15, -0.1) is 0 Å². The number of rotatable bonds is 16. The minimum absolute atomic E-state index is 0. The molecule has 7 N–H and O–H groups in total. The summed E-state index contributed by atoms with van der Waals surface area (Å²) >= 11 is 0. The molecule has 0 fully saturated rings. The van der Waals surface area contributed by atoms with E-state index in [1.165, 1.54) is 38.5 Å². The van der Waals surface area contributed by atoms with Crippen LogP contribution in [-0.4, -0.2) is 59.1 Å². The van der Waals surface area contributed by atoms with Crippen molar-refractivity contribution < 1.29 is 60.0 Å². The summed E-state index contributed by atoms with van der Waals surface area (Å²) in [5.41, 5.74) is 0. The normalized spacial score (nSPS) is 12.7. The molecule has 0 radical (unpaired) electrons. The fourth-order valence-electron chi connectivity index (χ4n) is 2.82. The average molecular weight is 446 g/mol. The molecule has 27 heavy (non-hydrogen) atoms. The zero-order valence-corrected chi connectivity index (χ0v) is 19.4. The molecule has 0 atom stereocenters. The number of carboxylic acid groups (broad SMARTS) is 1. The van der Waals surface area contributed by atoms with E-state index in [9.17, 15) is 35.4 Å². The van der Waals surface area contributed by atoms with Crippen molar-refractivity contribution in [2.45, 2.75) is 108 Å². The molecule has 0 rings (SSSR count). The van der Waals surface area contributed by atoms with Crippen LogP contribution in [0.5, 0.6) is 0 Å². The van der Waals surface area contributed by atoms with Crippen LogP contribution in [0.4, 0.5) is 0 Å². The Morgan fingerprint density at radius 1 is 0.667 bits per heavy atom. The maximum atomic E-state index is 10.6. The molecule has 0 unspecified atom stereocenters. The first-order valence-electron chi connectivity index (χ1n) is 9.58. The van der Waals surface area contributed by atoms with Gasteiger partial charge in [0.2, 0.25) is 5.79 Å². The Labute approximate surface area is 174 Å². The van der Waals surface area contributed by atoms with Crippen molar-refractivity contribution in [3.63, 3.8) is 0 Å². The summed E-state index contributed by atoms with van der Waals surface area (Å²) in [7, 11) is 0. The van der Waals surface area contributed by atoms with Gasteiger partial charge in [-0.05, 0) is 6.42 Å². The van der Waals surface area contributed by atoms with Crippen molar-refractivity contribution in [1.29, 1.82) is 0 Å². The number of unbranched alkanes of at least 4 members (excludes halogenated alkanes) is 11. The predicted molar refractivity (Wildman–Crippen MR) is 94.8 cm³/mol. The second-order valence-electron chi connectivity index (χ2n) is 7.11. The van der Waals surface area contributed by atoms with Gasteiger partial charge in [-0.1, -0.05) is 77.6 Å². The van der Waals surface area contributed by atoms with Gasteiger partial charge in [0.15, 0.2) is 0 Å². The van der Waals surface area contributed by atoms with E-state index in [-0.39, 0.29) is 25.9 Å². The van der Waals surface area contributed by atoms with E-state index >= 15 is 0 Å². The summed E-state index contributed by atoms with van der Waals surface area (Å²) in [6.07, 6.45) is 11.7. The quantitative estimate of drug-likeness (QED) is 0.106. The van der Waals surface area contributed by atoms with E-state index in [1.54, 1.807) is 0 Å². The Kier molecular flexibility index (Phi) is 15.0. The van der Waals surface area contributed by atoms with Gasteiger partial charge in [-0.3, -0.25) is 0 Å². The maximum Gasteiger partial charge on any atom is 0.370 e. The molecular formula is C18H36O8Zn. The van der Waals surface area contributed by atoms with Crippen LogP contribution < -0.4 is 0 Å². The summed E-state index contributed by atoms with van der Waals surface area (Å²) in [5.74, 6) is -13.9. The minimum Gasteiger partial charge on any atom is -0.477 e. The molecule has 0 spiro atoms. The first kappa shape index (κ1) is 29.1. The molecule has 158 valence electrons. The molecule has 0 aromatic heterocycles. The molecule has 0 aliphatic rings. The smallest absolute Gasteiger partial charge is 0.370 e. The summed E-state index contributed by atoms with van der Waals surface area (Å²) in [5, 5.41) is 65.2. The van der Waals surface area contributed by atoms with E-state index in [0.29, 0.717) is 6.42 Å². The van der Waals surface area contributed by atoms with Crippen LogP contribution in [0.1, 0.15) is 90.4 Å². The number of hydrogen-bond acceptors (Lipinski definition) is 7. The molecule has 0 amide bonds. The van der Waals surface area contributed by atoms with Crippen LogP contribution in [0, 0.1) is 0 Å². The van der Waals surface area contributed by atoms with Crippen molar-refractivity contribution >= 4 is 5.97 Å². The first-order valence-corrected chi connectivity index (χ1v) is 9.58. The third kappa shape index (κ3) is 9.74. The molecular weight excluding hydrogens is 410 g/mol. The zero-order valence-electron chi connectivity index (χ0n) is 16.4. The molecule has 0 bridgehead atoms. The average Bonchev–Trinajstić information content (AvgIpc) is 2.55. The monoisotopic (exact) mass is 444 g/mol. The Balaban J connectivity index is 0. The predicted octanol–water partition coefficient (Wildman–Crippen LogP) is 1.20. The zero-order chi connectivity index (χ0) is 20.3. The Morgan fingerprint density at radius 2 is 1.00 bits per heavy atom. The van der Waals surface area contributed by atoms with E-state index in [2.05, 4.69) is 6.92 Å². The number of carboxylic acids is 1. The fourth-order valence-corrected chi connectivity index (χ4v) is 2.82. The maximum absolute atomic E-state index is 10.6. The van der Waals surface area contributed by atoms with Crippen molar-refractivity contribution in [3.8, 4) is 0 Å². The van der Waals surface area contributed by atoms with Crippen LogP contribution in [0.15, 0.2) is 0 Å². The van der Waals surface area contributed by atoms with E-state index < -0.39 is 29.8 Å². The topological polar surface area (TPSA) is 159 Å². The van der Waals surface area contributed by atoms with Gasteiger partial charge in [0.05, 0.1) is 0 Å². The van der Waals surface area contributed by atoms with Crippen molar-refractivity contribution in [2.75, 3.05) is 0 Å². The van der Waals surface area contributed by atoms with Gasteiger partial charge in [-0.25, -0.2) is 4.79 Å². The summed E-state index contributed by atoms with van der Waals surface area (Å²) < 4.78 is 0. The van der Waals surface area contributed by atoms with Crippen molar-refractivity contribution in [3.05, 3.63) is 0 Å².